The van der Waals surface area contributed by atoms with Crippen molar-refractivity contribution in [2.24, 2.45) is 5.92 Å². The number of benzene rings is 2. The van der Waals surface area contributed by atoms with Crippen molar-refractivity contribution in [1.82, 2.24) is 35.5 Å². The number of carbonyl (C=O) groups excluding carboxylic acids is 3. The number of imidazole rings is 2. The quantitative estimate of drug-likeness (QED) is 0.0992. The van der Waals surface area contributed by atoms with Gasteiger partial charge in [0.2, 0.25) is 11.8 Å². The largest absolute Gasteiger partial charge is 0.457 e. The number of aryl methyl sites for hydroxylation is 1. The van der Waals surface area contributed by atoms with Gasteiger partial charge in [0.05, 0.1) is 49.5 Å². The summed E-state index contributed by atoms with van der Waals surface area (Å²) < 4.78 is 37.4. The van der Waals surface area contributed by atoms with Gasteiger partial charge in [-0.3, -0.25) is 9.59 Å². The van der Waals surface area contributed by atoms with E-state index in [4.69, 9.17) is 23.9 Å². The van der Waals surface area contributed by atoms with Crippen molar-refractivity contribution in [2.45, 2.75) is 82.9 Å². The molecule has 0 spiro atoms. The van der Waals surface area contributed by atoms with Crippen molar-refractivity contribution in [1.29, 1.82) is 0 Å². The van der Waals surface area contributed by atoms with Gasteiger partial charge in [0.15, 0.2) is 0 Å². The fourth-order valence-corrected chi connectivity index (χ4v) is 7.79. The number of alkyl carbamates (subject to hydrolysis) is 1. The number of fused-ring (bicyclic) bond motifs is 2. The summed E-state index contributed by atoms with van der Waals surface area (Å²) in [6.45, 7) is 4.09. The number of methoxy groups -OCH3 is 2. The maximum atomic E-state index is 15.6. The summed E-state index contributed by atoms with van der Waals surface area (Å²) in [5, 5.41) is 5.70. The fraction of sp³-hybridized carbons (Fsp3) is 0.488. The second-order valence-corrected chi connectivity index (χ2v) is 14.8. The molecular formula is C41H50FN7O7. The standard InChI is InChI=1S/C41H50FN7O7/c1-24(53-2)17-37(50)43-13-5-4-8-36-44-23-32(46-36)29-21-35-28(20-30(29)42)19-27-18-26(9-10-34(27)56-35)31-22-45-39(47-31)33-7-6-14-49(33)40(51)38(48-41(52)54-3)25-11-15-55-16-12-25/h9-10,18,20-25,33,38H,4-8,11-17,19H2,1-3H3,(H,43,50)(H,44,46)(H,45,47)(H,48,52)/t24-,33+,38+/m1/s1. The molecule has 0 radical (unpaired) electrons. The summed E-state index contributed by atoms with van der Waals surface area (Å²) in [5.74, 6) is 2.12. The van der Waals surface area contributed by atoms with E-state index in [-0.39, 0.29) is 35.7 Å². The number of carbonyl (C=O) groups is 3. The molecule has 4 aromatic rings. The first-order valence-electron chi connectivity index (χ1n) is 19.5. The number of H-pyrrole nitrogens is 2. The van der Waals surface area contributed by atoms with Crippen LogP contribution in [0.2, 0.25) is 0 Å². The number of hydrogen-bond acceptors (Lipinski definition) is 9. The lowest BCUT2D eigenvalue weighted by atomic mass is 9.90. The number of halogens is 1. The lowest BCUT2D eigenvalue weighted by molar-refractivity contribution is -0.136. The molecule has 2 fully saturated rings. The van der Waals surface area contributed by atoms with Gasteiger partial charge in [0, 0.05) is 62.9 Å². The van der Waals surface area contributed by atoms with Crippen LogP contribution in [0.1, 0.15) is 80.7 Å². The molecule has 3 atom stereocenters. The van der Waals surface area contributed by atoms with Crippen LogP contribution in [0.25, 0.3) is 22.5 Å². The van der Waals surface area contributed by atoms with Crippen LogP contribution in [0.3, 0.4) is 0 Å². The Morgan fingerprint density at radius 2 is 1.80 bits per heavy atom. The number of amides is 3. The molecule has 2 aromatic carbocycles. The topological polar surface area (TPSA) is 173 Å². The Bertz CT molecular complexity index is 2030. The van der Waals surface area contributed by atoms with Gasteiger partial charge in [-0.1, -0.05) is 0 Å². The van der Waals surface area contributed by atoms with Crippen molar-refractivity contribution in [3.63, 3.8) is 0 Å². The minimum absolute atomic E-state index is 0.0326. The van der Waals surface area contributed by atoms with Crippen LogP contribution in [0, 0.1) is 11.7 Å². The first-order chi connectivity index (χ1) is 27.2. The Kier molecular flexibility index (Phi) is 12.3. The maximum Gasteiger partial charge on any atom is 0.407 e. The highest BCUT2D eigenvalue weighted by atomic mass is 19.1. The molecule has 298 valence electrons. The first-order valence-corrected chi connectivity index (χ1v) is 19.5. The van der Waals surface area contributed by atoms with Crippen LogP contribution >= 0.6 is 0 Å². The van der Waals surface area contributed by atoms with Crippen molar-refractivity contribution >= 4 is 17.9 Å². The first kappa shape index (κ1) is 39.0. The highest BCUT2D eigenvalue weighted by Gasteiger charge is 2.40. The van der Waals surface area contributed by atoms with Gasteiger partial charge in [-0.2, -0.15) is 0 Å². The molecule has 14 nitrogen and oxygen atoms in total. The van der Waals surface area contributed by atoms with E-state index in [2.05, 4.69) is 25.6 Å². The fourth-order valence-electron chi connectivity index (χ4n) is 7.79. The molecule has 0 aliphatic carbocycles. The van der Waals surface area contributed by atoms with Crippen LogP contribution in [-0.2, 0) is 36.6 Å². The number of nitrogens with zero attached hydrogens (tertiary/aromatic N) is 3. The molecule has 3 aliphatic heterocycles. The van der Waals surface area contributed by atoms with Gasteiger partial charge in [-0.15, -0.1) is 0 Å². The van der Waals surface area contributed by atoms with Gasteiger partial charge in [-0.05, 0) is 87.3 Å². The zero-order chi connectivity index (χ0) is 39.2. The number of likely N-dealkylation sites (tertiary alicyclic amines) is 1. The third-order valence-electron chi connectivity index (χ3n) is 11.0. The third-order valence-corrected chi connectivity index (χ3v) is 11.0. The van der Waals surface area contributed by atoms with Crippen molar-refractivity contribution in [3.8, 4) is 34.0 Å². The third kappa shape index (κ3) is 8.89. The van der Waals surface area contributed by atoms with Gasteiger partial charge in [-0.25, -0.2) is 19.2 Å². The van der Waals surface area contributed by atoms with Gasteiger partial charge < -0.3 is 44.4 Å². The molecule has 2 aromatic heterocycles. The monoisotopic (exact) mass is 771 g/mol. The van der Waals surface area contributed by atoms with E-state index in [9.17, 15) is 14.4 Å². The summed E-state index contributed by atoms with van der Waals surface area (Å²) in [7, 11) is 2.88. The average molecular weight is 772 g/mol. The molecule has 7 rings (SSSR count). The average Bonchev–Trinajstić information content (AvgIpc) is 4.00. The van der Waals surface area contributed by atoms with Crippen LogP contribution in [0.15, 0.2) is 42.7 Å². The van der Waals surface area contributed by atoms with Crippen molar-refractivity contribution < 1.29 is 37.7 Å². The van der Waals surface area contributed by atoms with Crippen LogP contribution in [0.4, 0.5) is 9.18 Å². The highest BCUT2D eigenvalue weighted by Crippen LogP contribution is 2.41. The molecule has 56 heavy (non-hydrogen) atoms. The number of aromatic nitrogens is 4. The molecule has 2 saturated heterocycles. The molecule has 15 heteroatoms. The summed E-state index contributed by atoms with van der Waals surface area (Å²) in [6, 6.07) is 8.17. The molecule has 3 aliphatic rings. The lowest BCUT2D eigenvalue weighted by Crippen LogP contribution is -2.53. The highest BCUT2D eigenvalue weighted by molar-refractivity contribution is 5.86. The second-order valence-electron chi connectivity index (χ2n) is 14.8. The molecule has 5 heterocycles. The second kappa shape index (κ2) is 17.7. The van der Waals surface area contributed by atoms with Crippen LogP contribution < -0.4 is 15.4 Å². The van der Waals surface area contributed by atoms with E-state index in [0.29, 0.717) is 87.0 Å². The van der Waals surface area contributed by atoms with E-state index in [1.54, 1.807) is 25.6 Å². The van der Waals surface area contributed by atoms with Gasteiger partial charge >= 0.3 is 6.09 Å². The molecule has 0 saturated carbocycles. The minimum atomic E-state index is -0.707. The van der Waals surface area contributed by atoms with E-state index in [1.807, 2.05) is 30.0 Å². The minimum Gasteiger partial charge on any atom is -0.457 e. The maximum absolute atomic E-state index is 15.6. The zero-order valence-corrected chi connectivity index (χ0v) is 32.1. The Labute approximate surface area is 325 Å². The van der Waals surface area contributed by atoms with Crippen molar-refractivity contribution in [2.75, 3.05) is 40.5 Å². The van der Waals surface area contributed by atoms with Gasteiger partial charge in [0.1, 0.15) is 35.0 Å². The van der Waals surface area contributed by atoms with E-state index in [1.165, 1.54) is 13.2 Å². The summed E-state index contributed by atoms with van der Waals surface area (Å²) in [4.78, 5) is 55.9. The number of rotatable bonds is 14. The molecule has 4 N–H and O–H groups in total. The molecule has 0 unspecified atom stereocenters. The zero-order valence-electron chi connectivity index (χ0n) is 32.1. The molecule has 0 bridgehead atoms. The van der Waals surface area contributed by atoms with E-state index >= 15 is 4.39 Å². The number of hydrogen-bond donors (Lipinski definition) is 4. The summed E-state index contributed by atoms with van der Waals surface area (Å²) in [6.07, 6.45) is 8.67. The predicted octanol–water partition coefficient (Wildman–Crippen LogP) is 5.98. The Morgan fingerprint density at radius 1 is 1.00 bits per heavy atom. The predicted molar refractivity (Wildman–Crippen MR) is 204 cm³/mol. The SMILES string of the molecule is COC(=O)N[C@H](C(=O)N1CCC[C@H]1c1ncc(-c2ccc3c(c2)Cc2cc(F)c(-c4cnc(CCCCNC(=O)C[C@@H](C)OC)[nH]4)cc2O3)[nH]1)C1CCOCC1. The molecule has 3 amide bonds. The van der Waals surface area contributed by atoms with Crippen LogP contribution in [0.5, 0.6) is 11.5 Å². The number of ether oxygens (including phenoxy) is 4. The smallest absolute Gasteiger partial charge is 0.407 e. The summed E-state index contributed by atoms with van der Waals surface area (Å²) >= 11 is 0. The Hall–Kier alpha value is -5.28. The Balaban J connectivity index is 0.984. The van der Waals surface area contributed by atoms with Crippen LogP contribution in [-0.4, -0.2) is 95.4 Å². The number of aromatic amines is 2. The lowest BCUT2D eigenvalue weighted by Gasteiger charge is -2.34. The number of nitrogens with one attached hydrogen (secondary N) is 4. The Morgan fingerprint density at radius 3 is 2.61 bits per heavy atom. The van der Waals surface area contributed by atoms with E-state index < -0.39 is 12.1 Å². The van der Waals surface area contributed by atoms with Crippen molar-refractivity contribution in [3.05, 3.63) is 71.3 Å². The molecular weight excluding hydrogens is 721 g/mol. The van der Waals surface area contributed by atoms with E-state index in [0.717, 1.165) is 53.9 Å². The van der Waals surface area contributed by atoms with Gasteiger partial charge in [0.25, 0.3) is 0 Å². The normalized spacial score (nSPS) is 17.7. The summed E-state index contributed by atoms with van der Waals surface area (Å²) in [5.41, 5.74) is 4.29. The number of unbranched alkanes of at least 4 members (excludes halogenated alkanes) is 1.